The molecule has 16 nitrogen and oxygen atoms in total. The van der Waals surface area contributed by atoms with Gasteiger partial charge in [-0.3, -0.25) is 29.3 Å². The number of fused-ring (bicyclic) bond motifs is 1. The lowest BCUT2D eigenvalue weighted by molar-refractivity contribution is -0.383. The molecule has 1 aliphatic heterocycles. The largest absolute Gasteiger partial charge is 0.463 e. The molecule has 0 bridgehead atoms. The molecule has 0 amide bonds. The molecule has 3 rings (SSSR count). The lowest BCUT2D eigenvalue weighted by Crippen LogP contribution is -2.64. The number of nitro groups is 1. The van der Waals surface area contributed by atoms with Gasteiger partial charge >= 0.3 is 29.6 Å². The molecule has 0 spiro atoms. The Morgan fingerprint density at radius 1 is 0.944 bits per heavy atom. The maximum atomic E-state index is 12.0. The second-order valence-electron chi connectivity index (χ2n) is 7.62. The van der Waals surface area contributed by atoms with E-state index in [1.807, 2.05) is 0 Å². The number of esters is 4. The van der Waals surface area contributed by atoms with E-state index in [4.69, 9.17) is 23.7 Å². The number of nitro benzene ring substituents is 1. The smallest absolute Gasteiger partial charge is 0.305 e. The fraction of sp³-hybridized carbons (Fsp3) is 0.500. The lowest BCUT2D eigenvalue weighted by Gasteiger charge is -2.44. The van der Waals surface area contributed by atoms with Crippen LogP contribution in [-0.2, 0) is 42.9 Å². The lowest BCUT2D eigenvalue weighted by atomic mass is 9.95. The third kappa shape index (κ3) is 6.01. The van der Waals surface area contributed by atoms with E-state index >= 15 is 0 Å². The van der Waals surface area contributed by atoms with Gasteiger partial charge in [0.25, 0.3) is 0 Å². The highest BCUT2D eigenvalue weighted by Gasteiger charge is 2.52. The Kier molecular flexibility index (Phi) is 7.98. The topological polar surface area (TPSA) is 209 Å². The van der Waals surface area contributed by atoms with Gasteiger partial charge in [-0.25, -0.2) is 4.63 Å². The van der Waals surface area contributed by atoms with Crippen molar-refractivity contribution >= 4 is 46.3 Å². The van der Waals surface area contributed by atoms with E-state index < -0.39 is 66.1 Å². The molecule has 2 heterocycles. The van der Waals surface area contributed by atoms with Crippen LogP contribution in [0, 0.1) is 10.1 Å². The highest BCUT2D eigenvalue weighted by Crippen LogP contribution is 2.34. The maximum absolute atomic E-state index is 12.0. The predicted octanol–water partition coefficient (Wildman–Crippen LogP) is 0.626. The van der Waals surface area contributed by atoms with Crippen molar-refractivity contribution in [2.45, 2.75) is 58.3 Å². The Bertz CT molecular complexity index is 1180. The number of nitrogens with one attached hydrogen (secondary N) is 1. The van der Waals surface area contributed by atoms with Gasteiger partial charge in [-0.1, -0.05) is 0 Å². The number of hydrogen-bond donors (Lipinski definition) is 1. The fourth-order valence-electron chi connectivity index (χ4n) is 3.62. The summed E-state index contributed by atoms with van der Waals surface area (Å²) < 4.78 is 31.5. The van der Waals surface area contributed by atoms with Gasteiger partial charge in [0.05, 0.1) is 10.6 Å². The highest BCUT2D eigenvalue weighted by atomic mass is 16.7. The number of hydrogen-bond acceptors (Lipinski definition) is 15. The van der Waals surface area contributed by atoms with E-state index in [0.29, 0.717) is 0 Å². The van der Waals surface area contributed by atoms with Crippen LogP contribution in [-0.4, -0.2) is 76.4 Å². The number of benzene rings is 1. The molecule has 5 atom stereocenters. The Balaban J connectivity index is 2.07. The molecule has 36 heavy (non-hydrogen) atoms. The van der Waals surface area contributed by atoms with Gasteiger partial charge < -0.3 is 29.0 Å². The van der Waals surface area contributed by atoms with Crippen LogP contribution in [0.1, 0.15) is 27.7 Å². The summed E-state index contributed by atoms with van der Waals surface area (Å²) in [6.45, 7) is 4.03. The van der Waals surface area contributed by atoms with Crippen LogP contribution in [0.3, 0.4) is 0 Å². The Hall–Kier alpha value is -4.34. The average molecular weight is 510 g/mol. The molecule has 1 fully saturated rings. The maximum Gasteiger partial charge on any atom is 0.305 e. The van der Waals surface area contributed by atoms with E-state index in [0.717, 1.165) is 33.8 Å². The number of aromatic nitrogens is 2. The summed E-state index contributed by atoms with van der Waals surface area (Å²) >= 11 is 0. The molecular formula is C20H22N4O12. The van der Waals surface area contributed by atoms with Crippen LogP contribution >= 0.6 is 0 Å². The summed E-state index contributed by atoms with van der Waals surface area (Å²) in [5.74, 6) is -2.99. The highest BCUT2D eigenvalue weighted by molar-refractivity contribution is 5.93. The number of rotatable bonds is 8. The van der Waals surface area contributed by atoms with Gasteiger partial charge in [0.15, 0.2) is 17.7 Å². The molecule has 0 aliphatic carbocycles. The molecule has 1 aliphatic rings. The summed E-state index contributed by atoms with van der Waals surface area (Å²) in [4.78, 5) is 57.7. The van der Waals surface area contributed by atoms with Crippen molar-refractivity contribution in [2.24, 2.45) is 0 Å². The summed E-state index contributed by atoms with van der Waals surface area (Å²) in [5.41, 5.74) is -0.513. The molecule has 0 unspecified atom stereocenters. The first kappa shape index (κ1) is 26.3. The normalized spacial score (nSPS) is 23.4. The van der Waals surface area contributed by atoms with Crippen molar-refractivity contribution in [1.82, 2.24) is 10.3 Å². The van der Waals surface area contributed by atoms with Gasteiger partial charge in [0, 0.05) is 33.8 Å². The Morgan fingerprint density at radius 3 is 2.14 bits per heavy atom. The van der Waals surface area contributed by atoms with Gasteiger partial charge in [0.1, 0.15) is 18.8 Å². The van der Waals surface area contributed by atoms with E-state index in [2.05, 4.69) is 20.3 Å². The third-order valence-electron chi connectivity index (χ3n) is 4.90. The Labute approximate surface area is 202 Å². The zero-order valence-corrected chi connectivity index (χ0v) is 19.5. The standard InChI is InChI=1S/C20H22N4O12/c1-8(25)31-7-14-18(32-9(2)26)19(33-10(3)27)17(20(35-14)34-11(4)28)21-12-5-6-13(24(29)30)16-15(12)22-36-23-16/h5-6,14,17-21H,7H2,1-4H3/t14-,17-,18-,19-,20-/m1/s1. The third-order valence-corrected chi connectivity index (χ3v) is 4.90. The number of anilines is 1. The van der Waals surface area contributed by atoms with E-state index in [-0.39, 0.29) is 22.4 Å². The summed E-state index contributed by atoms with van der Waals surface area (Å²) in [6, 6.07) is 1.18. The fourth-order valence-corrected chi connectivity index (χ4v) is 3.62. The first-order valence-electron chi connectivity index (χ1n) is 10.4. The van der Waals surface area contributed by atoms with Crippen molar-refractivity contribution < 1.29 is 52.4 Å². The molecule has 1 aromatic heterocycles. The molecule has 194 valence electrons. The number of carbonyl (C=O) groups is 4. The number of non-ortho nitro benzene ring substituents is 1. The molecule has 0 radical (unpaired) electrons. The molecule has 1 N–H and O–H groups in total. The average Bonchev–Trinajstić information content (AvgIpc) is 3.25. The van der Waals surface area contributed by atoms with Crippen LogP contribution < -0.4 is 5.32 Å². The van der Waals surface area contributed by atoms with Gasteiger partial charge in [-0.2, -0.15) is 0 Å². The quantitative estimate of drug-likeness (QED) is 0.223. The first-order valence-corrected chi connectivity index (χ1v) is 10.4. The van der Waals surface area contributed by atoms with Crippen LogP contribution in [0.5, 0.6) is 0 Å². The van der Waals surface area contributed by atoms with Crippen molar-refractivity contribution in [1.29, 1.82) is 0 Å². The molecule has 1 aromatic carbocycles. The minimum atomic E-state index is -1.47. The number of carbonyl (C=O) groups excluding carboxylic acids is 4. The SMILES string of the molecule is CC(=O)OC[C@H]1O[C@@H](OC(C)=O)[C@H](Nc2ccc([N+](=O)[O-])c3nonc23)[C@@H](OC(C)=O)[C@@H]1OC(C)=O. The zero-order chi connectivity index (χ0) is 26.6. The second-order valence-corrected chi connectivity index (χ2v) is 7.62. The molecule has 0 saturated carbocycles. The van der Waals surface area contributed by atoms with E-state index in [1.54, 1.807) is 0 Å². The van der Waals surface area contributed by atoms with Crippen molar-refractivity contribution in [3.05, 3.63) is 22.2 Å². The molecule has 2 aromatic rings. The van der Waals surface area contributed by atoms with Crippen LogP contribution in [0.15, 0.2) is 16.8 Å². The summed E-state index contributed by atoms with van der Waals surface area (Å²) in [6.07, 6.45) is -5.34. The second kappa shape index (κ2) is 10.9. The minimum Gasteiger partial charge on any atom is -0.463 e. The minimum absolute atomic E-state index is 0.0570. The van der Waals surface area contributed by atoms with Gasteiger partial charge in [-0.05, 0) is 16.4 Å². The number of ether oxygens (including phenoxy) is 5. The molecule has 16 heteroatoms. The Morgan fingerprint density at radius 2 is 1.56 bits per heavy atom. The van der Waals surface area contributed by atoms with Crippen LogP contribution in [0.4, 0.5) is 11.4 Å². The summed E-state index contributed by atoms with van der Waals surface area (Å²) in [5, 5.41) is 21.4. The van der Waals surface area contributed by atoms with E-state index in [1.165, 1.54) is 6.07 Å². The zero-order valence-electron chi connectivity index (χ0n) is 19.5. The van der Waals surface area contributed by atoms with Gasteiger partial charge in [0.2, 0.25) is 11.8 Å². The molecule has 1 saturated heterocycles. The van der Waals surface area contributed by atoms with Crippen molar-refractivity contribution in [2.75, 3.05) is 11.9 Å². The van der Waals surface area contributed by atoms with Gasteiger partial charge in [-0.15, -0.1) is 0 Å². The van der Waals surface area contributed by atoms with Crippen LogP contribution in [0.2, 0.25) is 0 Å². The first-order chi connectivity index (χ1) is 17.0. The predicted molar refractivity (Wildman–Crippen MR) is 114 cm³/mol. The molecular weight excluding hydrogens is 488 g/mol. The summed E-state index contributed by atoms with van der Waals surface area (Å²) in [7, 11) is 0. The van der Waals surface area contributed by atoms with Crippen LogP contribution in [0.25, 0.3) is 11.0 Å². The van der Waals surface area contributed by atoms with Crippen molar-refractivity contribution in [3.8, 4) is 0 Å². The van der Waals surface area contributed by atoms with Crippen molar-refractivity contribution in [3.63, 3.8) is 0 Å². The monoisotopic (exact) mass is 510 g/mol. The number of nitrogens with zero attached hydrogens (tertiary/aromatic N) is 3. The van der Waals surface area contributed by atoms with E-state index in [9.17, 15) is 29.3 Å².